The number of hydrogen-bond donors (Lipinski definition) is 2. The zero-order valence-electron chi connectivity index (χ0n) is 11.4. The summed E-state index contributed by atoms with van der Waals surface area (Å²) in [4.78, 5) is 23.8. The van der Waals surface area contributed by atoms with E-state index in [0.29, 0.717) is 25.2 Å². The number of nitrogens with zero attached hydrogens (tertiary/aromatic N) is 1. The van der Waals surface area contributed by atoms with Crippen molar-refractivity contribution in [1.82, 2.24) is 4.90 Å². The number of benzene rings is 1. The van der Waals surface area contributed by atoms with Crippen LogP contribution >= 0.6 is 0 Å². The van der Waals surface area contributed by atoms with Crippen LogP contribution in [0.25, 0.3) is 5.57 Å². The maximum atomic E-state index is 12.9. The summed E-state index contributed by atoms with van der Waals surface area (Å²) in [6.45, 7) is 3.85. The minimum absolute atomic E-state index is 0.338. The Kier molecular flexibility index (Phi) is 4.37. The molecule has 1 aliphatic rings. The third-order valence-electron chi connectivity index (χ3n) is 3.19. The number of nitrogens with two attached hydrogens (primary N) is 1. The molecule has 5 nitrogen and oxygen atoms in total. The molecule has 1 heterocycles. The first-order chi connectivity index (χ1) is 9.97. The molecule has 0 fully saturated rings. The highest BCUT2D eigenvalue weighted by Crippen LogP contribution is 2.23. The van der Waals surface area contributed by atoms with E-state index in [9.17, 15) is 14.0 Å². The van der Waals surface area contributed by atoms with E-state index in [1.165, 1.54) is 4.90 Å². The zero-order valence-corrected chi connectivity index (χ0v) is 11.4. The summed E-state index contributed by atoms with van der Waals surface area (Å²) >= 11 is 0. The molecule has 0 aromatic heterocycles. The van der Waals surface area contributed by atoms with Crippen LogP contribution in [0.5, 0.6) is 0 Å². The molecule has 1 aliphatic heterocycles. The van der Waals surface area contributed by atoms with Gasteiger partial charge in [-0.1, -0.05) is 24.8 Å². The van der Waals surface area contributed by atoms with Crippen molar-refractivity contribution >= 4 is 23.2 Å². The van der Waals surface area contributed by atoms with Gasteiger partial charge in [-0.2, -0.15) is 0 Å². The Morgan fingerprint density at radius 2 is 1.95 bits per heavy atom. The lowest BCUT2D eigenvalue weighted by atomic mass is 10.0. The van der Waals surface area contributed by atoms with Crippen molar-refractivity contribution in [3.8, 4) is 0 Å². The quantitative estimate of drug-likeness (QED) is 0.838. The van der Waals surface area contributed by atoms with Crippen LogP contribution in [0.15, 0.2) is 42.7 Å². The van der Waals surface area contributed by atoms with Gasteiger partial charge in [-0.25, -0.2) is 9.18 Å². The molecular weight excluding hydrogens is 273 g/mol. The van der Waals surface area contributed by atoms with Crippen LogP contribution in [-0.4, -0.2) is 29.9 Å². The fraction of sp³-hybridized carbons (Fsp3) is 0.200. The molecule has 1 aromatic rings. The van der Waals surface area contributed by atoms with E-state index < -0.39 is 17.8 Å². The number of amides is 3. The number of urea groups is 1. The van der Waals surface area contributed by atoms with E-state index in [-0.39, 0.29) is 0 Å². The Bertz CT molecular complexity index is 608. The molecular formula is C15H16FN3O2. The van der Waals surface area contributed by atoms with E-state index in [0.717, 1.165) is 11.1 Å². The second kappa shape index (κ2) is 6.21. The Morgan fingerprint density at radius 3 is 2.52 bits per heavy atom. The summed E-state index contributed by atoms with van der Waals surface area (Å²) in [6, 6.07) is 6.44. The molecule has 0 unspecified atom stereocenters. The summed E-state index contributed by atoms with van der Waals surface area (Å²) in [5, 5.41) is 2.47. The molecule has 0 spiro atoms. The average molecular weight is 289 g/mol. The first-order valence-electron chi connectivity index (χ1n) is 6.47. The lowest BCUT2D eigenvalue weighted by Gasteiger charge is -2.27. The number of anilines is 1. The first kappa shape index (κ1) is 14.8. The van der Waals surface area contributed by atoms with Gasteiger partial charge >= 0.3 is 6.03 Å². The summed E-state index contributed by atoms with van der Waals surface area (Å²) < 4.78 is 12.9. The van der Waals surface area contributed by atoms with Gasteiger partial charge in [0, 0.05) is 18.8 Å². The highest BCUT2D eigenvalue weighted by molar-refractivity contribution is 5.92. The number of carbonyl (C=O) groups is 2. The van der Waals surface area contributed by atoms with Gasteiger partial charge in [0.1, 0.15) is 0 Å². The van der Waals surface area contributed by atoms with Crippen molar-refractivity contribution in [3.05, 3.63) is 48.3 Å². The van der Waals surface area contributed by atoms with Crippen molar-refractivity contribution in [2.45, 2.75) is 6.42 Å². The minimum Gasteiger partial charge on any atom is -0.351 e. The van der Waals surface area contributed by atoms with Gasteiger partial charge in [-0.05, 0) is 29.7 Å². The van der Waals surface area contributed by atoms with Crippen molar-refractivity contribution < 1.29 is 14.0 Å². The Labute approximate surface area is 121 Å². The van der Waals surface area contributed by atoms with E-state index in [2.05, 4.69) is 11.9 Å². The lowest BCUT2D eigenvalue weighted by molar-refractivity contribution is -0.128. The van der Waals surface area contributed by atoms with E-state index in [1.807, 2.05) is 18.2 Å². The summed E-state index contributed by atoms with van der Waals surface area (Å²) in [5.74, 6) is -1.62. The van der Waals surface area contributed by atoms with Gasteiger partial charge in [0.2, 0.25) is 0 Å². The number of hydrogen-bond acceptors (Lipinski definition) is 2. The third kappa shape index (κ3) is 3.68. The van der Waals surface area contributed by atoms with Gasteiger partial charge < -0.3 is 16.0 Å². The minimum atomic E-state index is -0.947. The average Bonchev–Trinajstić information content (AvgIpc) is 2.46. The SMILES string of the molecule is C=C(F)C(=O)N1CCC=C(c2ccc(NC(N)=O)cc2)C1. The molecule has 0 radical (unpaired) electrons. The number of nitrogens with one attached hydrogen (secondary N) is 1. The van der Waals surface area contributed by atoms with E-state index in [1.54, 1.807) is 12.1 Å². The summed E-state index contributed by atoms with van der Waals surface area (Å²) in [5.41, 5.74) is 7.47. The molecule has 1 aromatic carbocycles. The third-order valence-corrected chi connectivity index (χ3v) is 3.19. The smallest absolute Gasteiger partial charge is 0.316 e. The van der Waals surface area contributed by atoms with Crippen LogP contribution in [0.4, 0.5) is 14.9 Å². The second-order valence-corrected chi connectivity index (χ2v) is 4.72. The molecule has 110 valence electrons. The number of halogens is 1. The highest BCUT2D eigenvalue weighted by Gasteiger charge is 2.21. The van der Waals surface area contributed by atoms with E-state index >= 15 is 0 Å². The van der Waals surface area contributed by atoms with Crippen LogP contribution < -0.4 is 11.1 Å². The Hall–Kier alpha value is -2.63. The number of rotatable bonds is 3. The Balaban J connectivity index is 2.11. The Morgan fingerprint density at radius 1 is 1.29 bits per heavy atom. The number of primary amides is 1. The highest BCUT2D eigenvalue weighted by atomic mass is 19.1. The maximum Gasteiger partial charge on any atom is 0.316 e. The van der Waals surface area contributed by atoms with Crippen molar-refractivity contribution in [2.75, 3.05) is 18.4 Å². The second-order valence-electron chi connectivity index (χ2n) is 4.72. The van der Waals surface area contributed by atoms with Gasteiger partial charge in [0.25, 0.3) is 5.91 Å². The molecule has 21 heavy (non-hydrogen) atoms. The van der Waals surface area contributed by atoms with Crippen LogP contribution in [0, 0.1) is 0 Å². The predicted molar refractivity (Wildman–Crippen MR) is 79.1 cm³/mol. The first-order valence-corrected chi connectivity index (χ1v) is 6.47. The van der Waals surface area contributed by atoms with Crippen LogP contribution in [0.3, 0.4) is 0 Å². The fourth-order valence-corrected chi connectivity index (χ4v) is 2.21. The van der Waals surface area contributed by atoms with Crippen molar-refractivity contribution in [3.63, 3.8) is 0 Å². The largest absolute Gasteiger partial charge is 0.351 e. The normalized spacial score (nSPS) is 14.3. The topological polar surface area (TPSA) is 75.4 Å². The van der Waals surface area contributed by atoms with Crippen molar-refractivity contribution in [2.24, 2.45) is 5.73 Å². The monoisotopic (exact) mass is 289 g/mol. The van der Waals surface area contributed by atoms with E-state index in [4.69, 9.17) is 5.73 Å². The van der Waals surface area contributed by atoms with Crippen LogP contribution in [0.2, 0.25) is 0 Å². The fourth-order valence-electron chi connectivity index (χ4n) is 2.21. The van der Waals surface area contributed by atoms with Gasteiger partial charge in [0.05, 0.1) is 0 Å². The zero-order chi connectivity index (χ0) is 15.4. The van der Waals surface area contributed by atoms with Gasteiger partial charge in [-0.15, -0.1) is 0 Å². The van der Waals surface area contributed by atoms with Crippen LogP contribution in [0.1, 0.15) is 12.0 Å². The molecule has 0 atom stereocenters. The van der Waals surface area contributed by atoms with Crippen LogP contribution in [-0.2, 0) is 4.79 Å². The molecule has 0 saturated heterocycles. The molecule has 3 amide bonds. The number of carbonyl (C=O) groups excluding carboxylic acids is 2. The molecule has 2 rings (SSSR count). The van der Waals surface area contributed by atoms with Crippen molar-refractivity contribution in [1.29, 1.82) is 0 Å². The maximum absolute atomic E-state index is 12.9. The summed E-state index contributed by atoms with van der Waals surface area (Å²) in [7, 11) is 0. The molecule has 6 heteroatoms. The molecule has 0 aliphatic carbocycles. The molecule has 3 N–H and O–H groups in total. The standard InChI is InChI=1S/C15H16FN3O2/c1-10(16)14(20)19-8-2-3-12(9-19)11-4-6-13(7-5-11)18-15(17)21/h3-7H,1-2,8-9H2,(H3,17,18,21). The molecule has 0 saturated carbocycles. The van der Waals surface area contributed by atoms with Gasteiger partial charge in [-0.3, -0.25) is 4.79 Å². The summed E-state index contributed by atoms with van der Waals surface area (Å²) in [6.07, 6.45) is 2.68. The molecule has 0 bridgehead atoms. The predicted octanol–water partition coefficient (Wildman–Crippen LogP) is 2.28. The lowest BCUT2D eigenvalue weighted by Crippen LogP contribution is -2.35. The van der Waals surface area contributed by atoms with Gasteiger partial charge in [0.15, 0.2) is 5.83 Å².